The van der Waals surface area contributed by atoms with E-state index in [1.54, 1.807) is 0 Å². The predicted molar refractivity (Wildman–Crippen MR) is 58.5 cm³/mol. The van der Waals surface area contributed by atoms with Crippen LogP contribution in [0.1, 0.15) is 32.1 Å². The predicted octanol–water partition coefficient (Wildman–Crippen LogP) is 1.73. The lowest BCUT2D eigenvalue weighted by atomic mass is 10.2. The highest BCUT2D eigenvalue weighted by molar-refractivity contribution is 5.77. The average molecular weight is 280 g/mol. The lowest BCUT2D eigenvalue weighted by Gasteiger charge is -2.27. The minimum atomic E-state index is -4.45. The number of alkyl halides is 3. The molecule has 5 nitrogen and oxygen atoms in total. The van der Waals surface area contributed by atoms with Crippen molar-refractivity contribution >= 4 is 12.0 Å². The van der Waals surface area contributed by atoms with E-state index in [9.17, 15) is 22.8 Å². The lowest BCUT2D eigenvalue weighted by Crippen LogP contribution is -2.53. The quantitative estimate of drug-likeness (QED) is 0.805. The van der Waals surface area contributed by atoms with Gasteiger partial charge in [0.1, 0.15) is 5.54 Å². The minimum Gasteiger partial charge on any atom is -0.481 e. The van der Waals surface area contributed by atoms with E-state index in [2.05, 4.69) is 0 Å². The van der Waals surface area contributed by atoms with E-state index >= 15 is 0 Å². The average Bonchev–Trinajstić information content (AvgIpc) is 3.09. The van der Waals surface area contributed by atoms with Crippen molar-refractivity contribution in [1.29, 1.82) is 0 Å². The number of hydrogen-bond donors (Lipinski definition) is 2. The number of carboxylic acid groups (broad SMARTS) is 1. The molecule has 0 atom stereocenters. The van der Waals surface area contributed by atoms with Gasteiger partial charge in [-0.05, 0) is 25.7 Å². The summed E-state index contributed by atoms with van der Waals surface area (Å²) in [6.07, 6.45) is -3.51. The molecule has 2 fully saturated rings. The molecule has 2 aliphatic carbocycles. The highest BCUT2D eigenvalue weighted by Crippen LogP contribution is 2.49. The SMILES string of the molecule is O=C(O)CCN(C(=O)NC1(C(F)(F)F)CC1)C1CC1. The Morgan fingerprint density at radius 2 is 1.89 bits per heavy atom. The number of carbonyl (C=O) groups excluding carboxylic acids is 1. The fourth-order valence-electron chi connectivity index (χ4n) is 1.93. The van der Waals surface area contributed by atoms with Crippen LogP contribution in [0.5, 0.6) is 0 Å². The van der Waals surface area contributed by atoms with Gasteiger partial charge < -0.3 is 15.3 Å². The van der Waals surface area contributed by atoms with Crippen LogP contribution in [0.25, 0.3) is 0 Å². The molecule has 0 aromatic carbocycles. The molecule has 2 N–H and O–H groups in total. The molecule has 0 aromatic rings. The van der Waals surface area contributed by atoms with Crippen molar-refractivity contribution in [2.24, 2.45) is 0 Å². The molecule has 2 saturated carbocycles. The molecule has 2 aliphatic rings. The molecule has 2 rings (SSSR count). The second-order valence-corrected chi connectivity index (χ2v) is 5.08. The molecule has 19 heavy (non-hydrogen) atoms. The molecule has 0 radical (unpaired) electrons. The number of urea groups is 1. The second-order valence-electron chi connectivity index (χ2n) is 5.08. The molecule has 2 amide bonds. The van der Waals surface area contributed by atoms with Crippen LogP contribution >= 0.6 is 0 Å². The zero-order valence-corrected chi connectivity index (χ0v) is 10.2. The molecule has 108 valence electrons. The van der Waals surface area contributed by atoms with Crippen molar-refractivity contribution in [3.05, 3.63) is 0 Å². The number of carboxylic acids is 1. The Balaban J connectivity index is 1.95. The maximum Gasteiger partial charge on any atom is 0.411 e. The molecule has 0 aliphatic heterocycles. The largest absolute Gasteiger partial charge is 0.481 e. The zero-order chi connectivity index (χ0) is 14.3. The van der Waals surface area contributed by atoms with Crippen LogP contribution in [0.2, 0.25) is 0 Å². The Hall–Kier alpha value is -1.47. The highest BCUT2D eigenvalue weighted by atomic mass is 19.4. The third kappa shape index (κ3) is 3.10. The summed E-state index contributed by atoms with van der Waals surface area (Å²) in [4.78, 5) is 23.6. The topological polar surface area (TPSA) is 69.6 Å². The summed E-state index contributed by atoms with van der Waals surface area (Å²) >= 11 is 0. The van der Waals surface area contributed by atoms with E-state index in [0.717, 1.165) is 0 Å². The minimum absolute atomic E-state index is 0.0558. The zero-order valence-electron chi connectivity index (χ0n) is 10.2. The molecule has 0 aromatic heterocycles. The van der Waals surface area contributed by atoms with Crippen molar-refractivity contribution in [3.8, 4) is 0 Å². The molecule has 0 unspecified atom stereocenters. The van der Waals surface area contributed by atoms with Crippen LogP contribution in [-0.4, -0.2) is 46.3 Å². The first-order valence-corrected chi connectivity index (χ1v) is 6.12. The molecule has 0 heterocycles. The van der Waals surface area contributed by atoms with Crippen LogP contribution in [0, 0.1) is 0 Å². The fourth-order valence-corrected chi connectivity index (χ4v) is 1.93. The molecule has 0 saturated heterocycles. The number of amides is 2. The Morgan fingerprint density at radius 1 is 1.32 bits per heavy atom. The van der Waals surface area contributed by atoms with E-state index in [0.29, 0.717) is 12.8 Å². The van der Waals surface area contributed by atoms with Gasteiger partial charge in [0.15, 0.2) is 0 Å². The first-order chi connectivity index (χ1) is 8.75. The van der Waals surface area contributed by atoms with Crippen molar-refractivity contribution in [2.75, 3.05) is 6.54 Å². The van der Waals surface area contributed by atoms with Gasteiger partial charge in [0.25, 0.3) is 0 Å². The van der Waals surface area contributed by atoms with Gasteiger partial charge in [-0.3, -0.25) is 4.79 Å². The van der Waals surface area contributed by atoms with Gasteiger partial charge in [-0.2, -0.15) is 13.2 Å². The van der Waals surface area contributed by atoms with Crippen LogP contribution in [0.4, 0.5) is 18.0 Å². The van der Waals surface area contributed by atoms with Gasteiger partial charge in [-0.25, -0.2) is 4.79 Å². The van der Waals surface area contributed by atoms with Gasteiger partial charge in [0, 0.05) is 12.6 Å². The second kappa shape index (κ2) is 4.57. The summed E-state index contributed by atoms with van der Waals surface area (Å²) < 4.78 is 38.2. The first-order valence-electron chi connectivity index (χ1n) is 6.12. The smallest absolute Gasteiger partial charge is 0.411 e. The Labute approximate surface area is 107 Å². The summed E-state index contributed by atoms with van der Waals surface area (Å²) in [6.45, 7) is -0.0558. The van der Waals surface area contributed by atoms with E-state index in [1.165, 1.54) is 4.90 Å². The van der Waals surface area contributed by atoms with E-state index in [4.69, 9.17) is 5.11 Å². The number of nitrogens with zero attached hydrogens (tertiary/aromatic N) is 1. The van der Waals surface area contributed by atoms with Crippen LogP contribution < -0.4 is 5.32 Å². The number of carbonyl (C=O) groups is 2. The number of rotatable bonds is 5. The van der Waals surface area contributed by atoms with Gasteiger partial charge in [-0.15, -0.1) is 0 Å². The summed E-state index contributed by atoms with van der Waals surface area (Å²) in [5.74, 6) is -1.07. The van der Waals surface area contributed by atoms with Crippen LogP contribution in [-0.2, 0) is 4.79 Å². The molecule has 8 heteroatoms. The maximum absolute atomic E-state index is 12.7. The number of aliphatic carboxylic acids is 1. The summed E-state index contributed by atoms with van der Waals surface area (Å²) in [6, 6.07) is -0.929. The van der Waals surface area contributed by atoms with Crippen LogP contribution in [0.3, 0.4) is 0 Å². The number of halogens is 3. The summed E-state index contributed by atoms with van der Waals surface area (Å²) in [5, 5.41) is 10.6. The Kier molecular flexibility index (Phi) is 3.36. The van der Waals surface area contributed by atoms with Gasteiger partial charge >= 0.3 is 18.2 Å². The van der Waals surface area contributed by atoms with Crippen molar-refractivity contribution in [2.45, 2.75) is 49.9 Å². The van der Waals surface area contributed by atoms with Crippen molar-refractivity contribution in [1.82, 2.24) is 10.2 Å². The van der Waals surface area contributed by atoms with Gasteiger partial charge in [0.05, 0.1) is 6.42 Å². The van der Waals surface area contributed by atoms with Gasteiger partial charge in [-0.1, -0.05) is 0 Å². The summed E-state index contributed by atoms with van der Waals surface area (Å²) in [5.41, 5.74) is -2.10. The first kappa shape index (κ1) is 14.0. The Morgan fingerprint density at radius 3 is 2.26 bits per heavy atom. The number of hydrogen-bond acceptors (Lipinski definition) is 2. The van der Waals surface area contributed by atoms with E-state index < -0.39 is 23.7 Å². The molecular formula is C11H15F3N2O3. The highest BCUT2D eigenvalue weighted by Gasteiger charge is 2.64. The fraction of sp³-hybridized carbons (Fsp3) is 0.818. The molecule has 0 bridgehead atoms. The van der Waals surface area contributed by atoms with Gasteiger partial charge in [0.2, 0.25) is 0 Å². The van der Waals surface area contributed by atoms with Crippen molar-refractivity contribution in [3.63, 3.8) is 0 Å². The Bertz CT molecular complexity index is 389. The summed E-state index contributed by atoms with van der Waals surface area (Å²) in [7, 11) is 0. The van der Waals surface area contributed by atoms with Crippen LogP contribution in [0.15, 0.2) is 0 Å². The van der Waals surface area contributed by atoms with Crippen molar-refractivity contribution < 1.29 is 27.9 Å². The number of nitrogens with one attached hydrogen (secondary N) is 1. The monoisotopic (exact) mass is 280 g/mol. The third-order valence-corrected chi connectivity index (χ3v) is 3.45. The standard InChI is InChI=1S/C11H15F3N2O3/c12-11(13,14)10(4-5-10)15-9(19)16(7-1-2-7)6-3-8(17)18/h7H,1-6H2,(H,15,19)(H,17,18). The normalized spacial score (nSPS) is 20.8. The van der Waals surface area contributed by atoms with E-state index in [-0.39, 0.29) is 31.8 Å². The molecule has 0 spiro atoms. The third-order valence-electron chi connectivity index (χ3n) is 3.45. The maximum atomic E-state index is 12.7. The lowest BCUT2D eigenvalue weighted by molar-refractivity contribution is -0.163. The van der Waals surface area contributed by atoms with E-state index in [1.807, 2.05) is 5.32 Å². The molecular weight excluding hydrogens is 265 g/mol.